The van der Waals surface area contributed by atoms with Crippen molar-refractivity contribution in [1.82, 2.24) is 5.48 Å². The molecule has 0 saturated carbocycles. The Balaban J connectivity index is 0.00000196. The first kappa shape index (κ1) is 18.1. The Hall–Kier alpha value is -2.72. The second-order valence-corrected chi connectivity index (χ2v) is 6.69. The fourth-order valence-electron chi connectivity index (χ4n) is 3.16. The van der Waals surface area contributed by atoms with E-state index < -0.39 is 0 Å². The lowest BCUT2D eigenvalue weighted by molar-refractivity contribution is 0.0537. The van der Waals surface area contributed by atoms with Gasteiger partial charge in [-0.3, -0.25) is 14.6 Å². The summed E-state index contributed by atoms with van der Waals surface area (Å²) < 4.78 is 0. The molecule has 1 aliphatic rings. The molecule has 3 unspecified atom stereocenters. The van der Waals surface area contributed by atoms with Gasteiger partial charge in [-0.2, -0.15) is 0 Å². The highest BCUT2D eigenvalue weighted by atomic mass is 16.6. The third-order valence-electron chi connectivity index (χ3n) is 4.83. The molecule has 1 heterocycles. The Morgan fingerprint density at radius 3 is 2.50 bits per heavy atom. The summed E-state index contributed by atoms with van der Waals surface area (Å²) in [5.41, 5.74) is 6.15. The van der Waals surface area contributed by atoms with Crippen LogP contribution in [0.25, 0.3) is 0 Å². The van der Waals surface area contributed by atoms with E-state index in [1.165, 1.54) is 7.11 Å². The van der Waals surface area contributed by atoms with Crippen molar-refractivity contribution in [1.29, 1.82) is 0 Å². The lowest BCUT2D eigenvalue weighted by atomic mass is 9.83. The van der Waals surface area contributed by atoms with Crippen LogP contribution < -0.4 is 5.48 Å². The molecule has 138 valence electrons. The number of carbonyl (C=O) groups excluding carboxylic acids is 1. The highest BCUT2D eigenvalue weighted by Gasteiger charge is 2.24. The van der Waals surface area contributed by atoms with E-state index >= 15 is 0 Å². The van der Waals surface area contributed by atoms with Crippen molar-refractivity contribution in [2.75, 3.05) is 7.11 Å². The summed E-state index contributed by atoms with van der Waals surface area (Å²) in [6.45, 7) is 4.38. The van der Waals surface area contributed by atoms with Crippen LogP contribution in [0.15, 0.2) is 71.4 Å². The topological polar surface area (TPSA) is 50.7 Å². The number of hydrogen-bond donors (Lipinski definition) is 1. The largest absolute Gasteiger partial charge is 0.277 e. The SMILES string of the molecule is CONC(=O)c1cccc(C(C2=CC(C)C(C)C=N2)c2ccccc2)c1.[HH].[HH]. The van der Waals surface area contributed by atoms with E-state index in [0.717, 1.165) is 16.8 Å². The van der Waals surface area contributed by atoms with Gasteiger partial charge in [-0.1, -0.05) is 62.4 Å². The Labute approximate surface area is 157 Å². The van der Waals surface area contributed by atoms with Gasteiger partial charge in [0.2, 0.25) is 0 Å². The van der Waals surface area contributed by atoms with Gasteiger partial charge in [-0.25, -0.2) is 5.48 Å². The van der Waals surface area contributed by atoms with Crippen LogP contribution in [0.3, 0.4) is 0 Å². The maximum atomic E-state index is 12.1. The molecule has 0 radical (unpaired) electrons. The highest BCUT2D eigenvalue weighted by molar-refractivity contribution is 5.93. The number of allylic oxidation sites excluding steroid dienone is 2. The fraction of sp³-hybridized carbons (Fsp3) is 0.273. The van der Waals surface area contributed by atoms with Crippen molar-refractivity contribution in [3.63, 3.8) is 0 Å². The second-order valence-electron chi connectivity index (χ2n) is 6.69. The Bertz CT molecular complexity index is 837. The lowest BCUT2D eigenvalue weighted by Crippen LogP contribution is -2.22. The number of aliphatic imine (C=N–C) groups is 1. The molecule has 4 heteroatoms. The van der Waals surface area contributed by atoms with Crippen molar-refractivity contribution in [3.05, 3.63) is 83.1 Å². The first-order valence-electron chi connectivity index (χ1n) is 8.84. The number of hydroxylamine groups is 1. The third-order valence-corrected chi connectivity index (χ3v) is 4.83. The van der Waals surface area contributed by atoms with E-state index in [4.69, 9.17) is 9.83 Å². The van der Waals surface area contributed by atoms with Gasteiger partial charge in [0, 0.05) is 20.3 Å². The van der Waals surface area contributed by atoms with E-state index in [9.17, 15) is 4.79 Å². The van der Waals surface area contributed by atoms with Gasteiger partial charge in [0.25, 0.3) is 5.91 Å². The predicted octanol–water partition coefficient (Wildman–Crippen LogP) is 4.84. The highest BCUT2D eigenvalue weighted by Crippen LogP contribution is 2.36. The van der Waals surface area contributed by atoms with Gasteiger partial charge in [-0.15, -0.1) is 0 Å². The molecule has 2 aromatic carbocycles. The maximum absolute atomic E-state index is 12.1. The van der Waals surface area contributed by atoms with Crippen molar-refractivity contribution < 1.29 is 12.5 Å². The average Bonchev–Trinajstić information content (AvgIpc) is 2.66. The molecule has 26 heavy (non-hydrogen) atoms. The molecule has 0 spiro atoms. The Kier molecular flexibility index (Phi) is 5.64. The standard InChI is InChI=1S/C22H24N2O2.2H2/c1-15-12-20(23-14-16(15)2)21(17-8-5-4-6-9-17)18-10-7-11-19(13-18)22(25)24-26-3;;/h4-16,21H,1-3H3,(H,24,25);2*1H. The van der Waals surface area contributed by atoms with Crippen molar-refractivity contribution in [3.8, 4) is 0 Å². The number of nitrogens with zero attached hydrogens (tertiary/aromatic N) is 1. The van der Waals surface area contributed by atoms with Crippen LogP contribution in [0.1, 0.15) is 44.1 Å². The summed E-state index contributed by atoms with van der Waals surface area (Å²) in [5.74, 6) is 0.574. The molecular formula is C22H28N2O2. The van der Waals surface area contributed by atoms with E-state index in [0.29, 0.717) is 17.4 Å². The zero-order valence-electron chi connectivity index (χ0n) is 15.3. The van der Waals surface area contributed by atoms with Crippen molar-refractivity contribution >= 4 is 12.1 Å². The minimum Gasteiger partial charge on any atom is -0.277 e. The molecule has 0 aliphatic carbocycles. The summed E-state index contributed by atoms with van der Waals surface area (Å²) in [7, 11) is 1.43. The van der Waals surface area contributed by atoms with Gasteiger partial charge in [0.15, 0.2) is 0 Å². The van der Waals surface area contributed by atoms with Crippen LogP contribution in [-0.2, 0) is 4.84 Å². The predicted molar refractivity (Wildman–Crippen MR) is 108 cm³/mol. The van der Waals surface area contributed by atoms with Crippen LogP contribution >= 0.6 is 0 Å². The summed E-state index contributed by atoms with van der Waals surface area (Å²) in [4.78, 5) is 21.6. The molecular weight excluding hydrogens is 324 g/mol. The first-order valence-corrected chi connectivity index (χ1v) is 8.84. The molecule has 3 rings (SSSR count). The minimum absolute atomic E-state index is 0. The molecule has 0 fully saturated rings. The van der Waals surface area contributed by atoms with Gasteiger partial charge in [-0.05, 0) is 35.1 Å². The molecule has 0 aromatic heterocycles. The molecule has 1 aliphatic heterocycles. The van der Waals surface area contributed by atoms with Crippen LogP contribution in [0.2, 0.25) is 0 Å². The van der Waals surface area contributed by atoms with E-state index in [2.05, 4.69) is 37.5 Å². The zero-order chi connectivity index (χ0) is 18.5. The van der Waals surface area contributed by atoms with Crippen molar-refractivity contribution in [2.45, 2.75) is 19.8 Å². The van der Waals surface area contributed by atoms with E-state index in [-0.39, 0.29) is 14.7 Å². The smallest absolute Gasteiger partial charge is 0.274 e. The third kappa shape index (κ3) is 3.92. The van der Waals surface area contributed by atoms with Gasteiger partial charge in [0.05, 0.1) is 13.0 Å². The van der Waals surface area contributed by atoms with Crippen LogP contribution in [-0.4, -0.2) is 19.2 Å². The number of hydrogen-bond acceptors (Lipinski definition) is 3. The monoisotopic (exact) mass is 352 g/mol. The molecule has 2 aromatic rings. The van der Waals surface area contributed by atoms with E-state index in [1.807, 2.05) is 42.6 Å². The zero-order valence-corrected chi connectivity index (χ0v) is 15.3. The normalized spacial score (nSPS) is 20.3. The minimum atomic E-state index is -0.260. The Morgan fingerprint density at radius 1 is 1.08 bits per heavy atom. The molecule has 1 amide bonds. The summed E-state index contributed by atoms with van der Waals surface area (Å²) in [6, 6.07) is 17.9. The first-order chi connectivity index (χ1) is 12.6. The van der Waals surface area contributed by atoms with Crippen LogP contribution in [0.5, 0.6) is 0 Å². The van der Waals surface area contributed by atoms with Crippen molar-refractivity contribution in [2.24, 2.45) is 16.8 Å². The number of rotatable bonds is 5. The van der Waals surface area contributed by atoms with Gasteiger partial charge < -0.3 is 0 Å². The van der Waals surface area contributed by atoms with Gasteiger partial charge in [0.1, 0.15) is 0 Å². The van der Waals surface area contributed by atoms with Crippen LogP contribution in [0, 0.1) is 11.8 Å². The second kappa shape index (κ2) is 8.11. The number of amides is 1. The van der Waals surface area contributed by atoms with E-state index in [1.54, 1.807) is 6.07 Å². The molecule has 3 atom stereocenters. The Morgan fingerprint density at radius 2 is 1.81 bits per heavy atom. The number of carbonyl (C=O) groups is 1. The molecule has 4 nitrogen and oxygen atoms in total. The lowest BCUT2D eigenvalue weighted by Gasteiger charge is -2.25. The van der Waals surface area contributed by atoms with Crippen LogP contribution in [0.4, 0.5) is 0 Å². The quantitative estimate of drug-likeness (QED) is 0.783. The molecule has 1 N–H and O–H groups in total. The summed E-state index contributed by atoms with van der Waals surface area (Å²) in [5, 5.41) is 0. The fourth-order valence-corrected chi connectivity index (χ4v) is 3.16. The maximum Gasteiger partial charge on any atom is 0.274 e. The number of benzene rings is 2. The average molecular weight is 352 g/mol. The summed E-state index contributed by atoms with van der Waals surface area (Å²) >= 11 is 0. The summed E-state index contributed by atoms with van der Waals surface area (Å²) in [6.07, 6.45) is 4.27. The number of nitrogens with one attached hydrogen (secondary N) is 1. The van der Waals surface area contributed by atoms with Gasteiger partial charge >= 0.3 is 0 Å². The molecule has 0 bridgehead atoms. The molecule has 0 saturated heterocycles.